The lowest BCUT2D eigenvalue weighted by molar-refractivity contribution is -0.141. The molecule has 0 aliphatic rings. The molecule has 1 atom stereocenters. The van der Waals surface area contributed by atoms with E-state index in [1.54, 1.807) is 26.8 Å². The number of alkyl halides is 3. The molecule has 0 radical (unpaired) electrons. The Morgan fingerprint density at radius 2 is 2.00 bits per heavy atom. The Balaban J connectivity index is 1.75. The second kappa shape index (κ2) is 9.61. The Kier molecular flexibility index (Phi) is 7.06. The second-order valence-electron chi connectivity index (χ2n) is 7.13. The number of pyridine rings is 1. The van der Waals surface area contributed by atoms with Crippen molar-refractivity contribution < 1.29 is 22.7 Å². The monoisotopic (exact) mass is 483 g/mol. The highest BCUT2D eigenvalue weighted by Gasteiger charge is 2.38. The number of hydrogen-bond donors (Lipinski definition) is 2. The van der Waals surface area contributed by atoms with Crippen LogP contribution in [0.2, 0.25) is 5.15 Å². The summed E-state index contributed by atoms with van der Waals surface area (Å²) in [5.74, 6) is 0.263. The number of halogens is 4. The largest absolute Gasteiger partial charge is 0.478 e. The molecule has 0 aliphatic heterocycles. The number of amides is 2. The number of ether oxygens (including phenoxy) is 1. The summed E-state index contributed by atoms with van der Waals surface area (Å²) >= 11 is 5.94. The molecule has 3 rings (SSSR count). The minimum atomic E-state index is -4.63. The van der Waals surface area contributed by atoms with Crippen LogP contribution >= 0.6 is 11.6 Å². The third-order valence-corrected chi connectivity index (χ3v) is 4.66. The first kappa shape index (κ1) is 24.2. The van der Waals surface area contributed by atoms with Crippen molar-refractivity contribution in [1.29, 1.82) is 0 Å². The van der Waals surface area contributed by atoms with Crippen LogP contribution in [0, 0.1) is 6.92 Å². The lowest BCUT2D eigenvalue weighted by Crippen LogP contribution is -2.31. The first-order chi connectivity index (χ1) is 15.5. The molecule has 3 heterocycles. The first-order valence-electron chi connectivity index (χ1n) is 9.81. The third kappa shape index (κ3) is 5.89. The lowest BCUT2D eigenvalue weighted by Gasteiger charge is -2.16. The Labute approximate surface area is 192 Å². The Morgan fingerprint density at radius 3 is 2.64 bits per heavy atom. The van der Waals surface area contributed by atoms with E-state index in [1.807, 2.05) is 0 Å². The Hall–Kier alpha value is -3.41. The summed E-state index contributed by atoms with van der Waals surface area (Å²) in [5, 5.41) is 16.9. The second-order valence-corrected chi connectivity index (χ2v) is 7.52. The van der Waals surface area contributed by atoms with Crippen molar-refractivity contribution in [3.8, 4) is 17.1 Å². The molecule has 176 valence electrons. The van der Waals surface area contributed by atoms with Gasteiger partial charge < -0.3 is 15.4 Å². The van der Waals surface area contributed by atoms with Crippen LogP contribution in [0.5, 0.6) is 5.88 Å². The smallest absolute Gasteiger partial charge is 0.435 e. The van der Waals surface area contributed by atoms with Gasteiger partial charge in [-0.15, -0.1) is 5.10 Å². The summed E-state index contributed by atoms with van der Waals surface area (Å²) in [6.07, 6.45) is -3.39. The van der Waals surface area contributed by atoms with E-state index in [2.05, 4.69) is 30.9 Å². The van der Waals surface area contributed by atoms with Gasteiger partial charge in [0.25, 0.3) is 0 Å². The number of nitrogens with one attached hydrogen (secondary N) is 2. The maximum atomic E-state index is 13.3. The first-order valence-corrected chi connectivity index (χ1v) is 10.2. The summed E-state index contributed by atoms with van der Waals surface area (Å²) in [7, 11) is 1.40. The van der Waals surface area contributed by atoms with Gasteiger partial charge in [-0.1, -0.05) is 11.6 Å². The van der Waals surface area contributed by atoms with Crippen molar-refractivity contribution in [2.75, 3.05) is 11.9 Å². The maximum Gasteiger partial charge on any atom is 0.435 e. The van der Waals surface area contributed by atoms with E-state index in [-0.39, 0.29) is 22.3 Å². The highest BCUT2D eigenvalue weighted by molar-refractivity contribution is 6.29. The van der Waals surface area contributed by atoms with Gasteiger partial charge in [0.2, 0.25) is 5.88 Å². The average Bonchev–Trinajstić information content (AvgIpc) is 3.09. The van der Waals surface area contributed by atoms with Crippen molar-refractivity contribution in [3.63, 3.8) is 0 Å². The van der Waals surface area contributed by atoms with Crippen LogP contribution in [-0.2, 0) is 13.2 Å². The van der Waals surface area contributed by atoms with Gasteiger partial charge in [0.1, 0.15) is 5.15 Å². The highest BCUT2D eigenvalue weighted by Crippen LogP contribution is 2.36. The SMILES string of the molecule is CCOc1cc(NC(=O)NC(C)c2cc(C)c(-c3cn(C)nc3C(F)(F)F)nn2)cc(Cl)n1. The number of aryl methyl sites for hydroxylation is 2. The van der Waals surface area contributed by atoms with Gasteiger partial charge in [0, 0.05) is 19.3 Å². The van der Waals surface area contributed by atoms with Crippen LogP contribution in [-0.4, -0.2) is 37.6 Å². The number of aromatic nitrogens is 5. The van der Waals surface area contributed by atoms with Gasteiger partial charge in [-0.2, -0.15) is 23.4 Å². The van der Waals surface area contributed by atoms with E-state index in [9.17, 15) is 18.0 Å². The minimum Gasteiger partial charge on any atom is -0.478 e. The Bertz CT molecular complexity index is 1170. The Morgan fingerprint density at radius 1 is 1.27 bits per heavy atom. The molecule has 0 aliphatic carbocycles. The molecule has 2 N–H and O–H groups in total. The van der Waals surface area contributed by atoms with E-state index >= 15 is 0 Å². The van der Waals surface area contributed by atoms with Crippen molar-refractivity contribution in [3.05, 3.63) is 46.5 Å². The molecule has 2 amide bonds. The van der Waals surface area contributed by atoms with E-state index in [0.29, 0.717) is 23.6 Å². The normalized spacial score (nSPS) is 12.4. The fourth-order valence-electron chi connectivity index (χ4n) is 3.06. The molecule has 13 heteroatoms. The van der Waals surface area contributed by atoms with Crippen LogP contribution in [0.25, 0.3) is 11.3 Å². The zero-order chi connectivity index (χ0) is 24.3. The number of hydrogen-bond acceptors (Lipinski definition) is 6. The number of rotatable bonds is 6. The molecule has 1 unspecified atom stereocenters. The minimum absolute atomic E-state index is 0.0608. The number of nitrogens with zero attached hydrogens (tertiary/aromatic N) is 5. The summed E-state index contributed by atoms with van der Waals surface area (Å²) in [6, 6.07) is 3.40. The molecule has 0 spiro atoms. The van der Waals surface area contributed by atoms with E-state index < -0.39 is 23.9 Å². The topological polar surface area (TPSA) is 107 Å². The molecule has 0 saturated carbocycles. The van der Waals surface area contributed by atoms with Gasteiger partial charge in [0.05, 0.1) is 35.3 Å². The van der Waals surface area contributed by atoms with Crippen molar-refractivity contribution >= 4 is 23.3 Å². The number of carbonyl (C=O) groups is 1. The molecule has 3 aromatic rings. The highest BCUT2D eigenvalue weighted by atomic mass is 35.5. The van der Waals surface area contributed by atoms with Crippen LogP contribution in [0.15, 0.2) is 24.4 Å². The molecular weight excluding hydrogens is 463 g/mol. The molecule has 9 nitrogen and oxygen atoms in total. The molecule has 0 aromatic carbocycles. The fraction of sp³-hybridized carbons (Fsp3) is 0.350. The molecule has 0 bridgehead atoms. The predicted molar refractivity (Wildman–Crippen MR) is 115 cm³/mol. The molecule has 33 heavy (non-hydrogen) atoms. The van der Waals surface area contributed by atoms with Crippen molar-refractivity contribution in [2.45, 2.75) is 33.0 Å². The van der Waals surface area contributed by atoms with Crippen molar-refractivity contribution in [2.24, 2.45) is 7.05 Å². The van der Waals surface area contributed by atoms with Gasteiger partial charge in [0.15, 0.2) is 5.69 Å². The van der Waals surface area contributed by atoms with Gasteiger partial charge >= 0.3 is 12.2 Å². The van der Waals surface area contributed by atoms with Crippen LogP contribution in [0.1, 0.15) is 36.8 Å². The third-order valence-electron chi connectivity index (χ3n) is 4.47. The summed E-state index contributed by atoms with van der Waals surface area (Å²) in [5.41, 5.74) is 0.0480. The summed E-state index contributed by atoms with van der Waals surface area (Å²) in [6.45, 7) is 5.45. The quantitative estimate of drug-likeness (QED) is 0.499. The van der Waals surface area contributed by atoms with Gasteiger partial charge in [-0.3, -0.25) is 4.68 Å². The molecular formula is C20H21ClF3N7O2. The predicted octanol–water partition coefficient (Wildman–Crippen LogP) is 4.53. The molecule has 0 fully saturated rings. The lowest BCUT2D eigenvalue weighted by atomic mass is 10.1. The molecule has 3 aromatic heterocycles. The van der Waals surface area contributed by atoms with Crippen LogP contribution in [0.3, 0.4) is 0 Å². The van der Waals surface area contributed by atoms with Crippen LogP contribution < -0.4 is 15.4 Å². The van der Waals surface area contributed by atoms with Crippen LogP contribution in [0.4, 0.5) is 23.7 Å². The average molecular weight is 484 g/mol. The maximum absolute atomic E-state index is 13.3. The van der Waals surface area contributed by atoms with Crippen molar-refractivity contribution in [1.82, 2.24) is 30.3 Å². The standard InChI is InChI=1S/C20H21ClF3N7O2/c1-5-33-16-8-12(7-15(21)27-16)26-19(32)25-11(3)14-6-10(2)17(29-28-14)13-9-31(4)30-18(13)20(22,23)24/h6-9,11H,5H2,1-4H3,(H2,25,26,27,32). The van der Waals surface area contributed by atoms with E-state index in [1.165, 1.54) is 25.4 Å². The molecule has 0 saturated heterocycles. The van der Waals surface area contributed by atoms with Gasteiger partial charge in [-0.25, -0.2) is 9.78 Å². The van der Waals surface area contributed by atoms with E-state index in [4.69, 9.17) is 16.3 Å². The van der Waals surface area contributed by atoms with E-state index in [0.717, 1.165) is 4.68 Å². The fourth-order valence-corrected chi connectivity index (χ4v) is 3.26. The summed E-state index contributed by atoms with van der Waals surface area (Å²) in [4.78, 5) is 16.4. The summed E-state index contributed by atoms with van der Waals surface area (Å²) < 4.78 is 46.3. The van der Waals surface area contributed by atoms with Gasteiger partial charge in [-0.05, 0) is 38.5 Å². The number of anilines is 1. The zero-order valence-corrected chi connectivity index (χ0v) is 18.9. The number of urea groups is 1. The zero-order valence-electron chi connectivity index (χ0n) is 18.2. The number of carbonyl (C=O) groups excluding carboxylic acids is 1.